The molecule has 0 fully saturated rings. The molecule has 0 spiro atoms. The predicted molar refractivity (Wildman–Crippen MR) is 54.7 cm³/mol. The third kappa shape index (κ3) is 3.57. The Labute approximate surface area is 96.2 Å². The largest absolute Gasteiger partial charge is 0.478 e. The Hall–Kier alpha value is -2.42. The highest BCUT2D eigenvalue weighted by molar-refractivity contribution is 5.87. The molecule has 0 aliphatic rings. The van der Waals surface area contributed by atoms with Crippen LogP contribution in [0.25, 0.3) is 0 Å². The lowest BCUT2D eigenvalue weighted by Gasteiger charge is -1.96. The third-order valence-corrected chi connectivity index (χ3v) is 1.76. The second kappa shape index (κ2) is 5.61. The van der Waals surface area contributed by atoms with Crippen LogP contribution in [-0.2, 0) is 9.53 Å². The predicted octanol–water partition coefficient (Wildman–Crippen LogP) is 0.834. The molecule has 5 nitrogen and oxygen atoms in total. The summed E-state index contributed by atoms with van der Waals surface area (Å²) >= 11 is 0. The first-order chi connectivity index (χ1) is 8.04. The van der Waals surface area contributed by atoms with E-state index in [-0.39, 0.29) is 12.0 Å². The number of aromatic carboxylic acids is 1. The normalized spacial score (nSPS) is 9.06. The van der Waals surface area contributed by atoms with Gasteiger partial charge in [0.25, 0.3) is 0 Å². The molecular formula is C11H8FNO4. The maximum atomic E-state index is 12.9. The van der Waals surface area contributed by atoms with Gasteiger partial charge in [0, 0.05) is 11.8 Å². The highest BCUT2D eigenvalue weighted by Crippen LogP contribution is 2.06. The maximum Gasteiger partial charge on any atom is 0.340 e. The first kappa shape index (κ1) is 12.6. The zero-order chi connectivity index (χ0) is 12.8. The van der Waals surface area contributed by atoms with Crippen molar-refractivity contribution in [3.8, 4) is 11.8 Å². The summed E-state index contributed by atoms with van der Waals surface area (Å²) in [6.07, 6.45) is 0.961. The second-order valence-electron chi connectivity index (χ2n) is 2.92. The Morgan fingerprint density at radius 1 is 1.59 bits per heavy atom. The minimum Gasteiger partial charge on any atom is -0.478 e. The second-order valence-corrected chi connectivity index (χ2v) is 2.92. The van der Waals surface area contributed by atoms with Gasteiger partial charge in [0.2, 0.25) is 5.95 Å². The molecule has 1 aromatic rings. The minimum absolute atomic E-state index is 0.129. The number of carboxylic acids is 1. The van der Waals surface area contributed by atoms with E-state index in [1.807, 2.05) is 0 Å². The molecule has 0 bridgehead atoms. The Morgan fingerprint density at radius 2 is 2.29 bits per heavy atom. The molecule has 6 heteroatoms. The van der Waals surface area contributed by atoms with Crippen LogP contribution in [0.15, 0.2) is 12.3 Å². The molecule has 0 unspecified atom stereocenters. The van der Waals surface area contributed by atoms with Gasteiger partial charge in [-0.3, -0.25) is 4.79 Å². The summed E-state index contributed by atoms with van der Waals surface area (Å²) in [5.74, 6) is 1.94. The lowest BCUT2D eigenvalue weighted by molar-refractivity contribution is -0.139. The number of halogens is 1. The maximum absolute atomic E-state index is 12.9. The lowest BCUT2D eigenvalue weighted by Crippen LogP contribution is -2.03. The van der Waals surface area contributed by atoms with Gasteiger partial charge in [-0.25, -0.2) is 9.78 Å². The standard InChI is InChI=1S/C11H8FNO4/c1-17-9(14)4-2-3-7-5-8(11(15)16)10(12)13-6-7/h5-6H,4H2,1H3,(H,15,16). The zero-order valence-corrected chi connectivity index (χ0v) is 8.86. The molecule has 1 aromatic heterocycles. The molecule has 0 aliphatic heterocycles. The summed E-state index contributed by atoms with van der Waals surface area (Å²) in [6.45, 7) is 0. The Morgan fingerprint density at radius 3 is 2.88 bits per heavy atom. The smallest absolute Gasteiger partial charge is 0.340 e. The van der Waals surface area contributed by atoms with Crippen molar-refractivity contribution in [2.45, 2.75) is 6.42 Å². The van der Waals surface area contributed by atoms with Crippen molar-refractivity contribution < 1.29 is 23.8 Å². The molecule has 17 heavy (non-hydrogen) atoms. The molecular weight excluding hydrogens is 229 g/mol. The monoisotopic (exact) mass is 237 g/mol. The van der Waals surface area contributed by atoms with Gasteiger partial charge in [0.05, 0.1) is 7.11 Å². The number of pyridine rings is 1. The number of carboxylic acid groups (broad SMARTS) is 1. The molecule has 1 heterocycles. The van der Waals surface area contributed by atoms with Crippen molar-refractivity contribution in [3.63, 3.8) is 0 Å². The van der Waals surface area contributed by atoms with Crippen LogP contribution in [0, 0.1) is 17.8 Å². The van der Waals surface area contributed by atoms with Crippen LogP contribution in [0.3, 0.4) is 0 Å². The molecule has 0 amide bonds. The summed E-state index contributed by atoms with van der Waals surface area (Å²) in [5.41, 5.74) is -0.345. The fourth-order valence-corrected chi connectivity index (χ4v) is 0.957. The molecule has 0 atom stereocenters. The summed E-state index contributed by atoms with van der Waals surface area (Å²) in [6, 6.07) is 1.05. The molecule has 0 saturated carbocycles. The molecule has 0 saturated heterocycles. The van der Waals surface area contributed by atoms with Gasteiger partial charge in [-0.2, -0.15) is 4.39 Å². The molecule has 0 radical (unpaired) electrons. The number of esters is 1. The van der Waals surface area contributed by atoms with Gasteiger partial charge in [-0.1, -0.05) is 11.8 Å². The van der Waals surface area contributed by atoms with Crippen LogP contribution < -0.4 is 0 Å². The Bertz CT molecular complexity index is 516. The van der Waals surface area contributed by atoms with E-state index in [0.717, 1.165) is 12.3 Å². The van der Waals surface area contributed by atoms with E-state index in [2.05, 4.69) is 21.6 Å². The molecule has 0 aromatic carbocycles. The van der Waals surface area contributed by atoms with Crippen molar-refractivity contribution in [2.75, 3.05) is 7.11 Å². The van der Waals surface area contributed by atoms with Gasteiger partial charge in [0.15, 0.2) is 0 Å². The topological polar surface area (TPSA) is 76.5 Å². The van der Waals surface area contributed by atoms with Gasteiger partial charge < -0.3 is 9.84 Å². The number of nitrogens with zero attached hydrogens (tertiary/aromatic N) is 1. The highest BCUT2D eigenvalue weighted by atomic mass is 19.1. The van der Waals surface area contributed by atoms with Crippen molar-refractivity contribution in [1.82, 2.24) is 4.98 Å². The summed E-state index contributed by atoms with van der Waals surface area (Å²) in [7, 11) is 1.23. The first-order valence-corrected chi connectivity index (χ1v) is 4.49. The average Bonchev–Trinajstić information content (AvgIpc) is 2.30. The Balaban J connectivity index is 2.89. The van der Waals surface area contributed by atoms with E-state index in [0.29, 0.717) is 0 Å². The van der Waals surface area contributed by atoms with Crippen molar-refractivity contribution in [2.24, 2.45) is 0 Å². The van der Waals surface area contributed by atoms with Crippen LogP contribution >= 0.6 is 0 Å². The van der Waals surface area contributed by atoms with Crippen molar-refractivity contribution in [1.29, 1.82) is 0 Å². The van der Waals surface area contributed by atoms with Gasteiger partial charge in [0.1, 0.15) is 12.0 Å². The van der Waals surface area contributed by atoms with E-state index in [9.17, 15) is 14.0 Å². The van der Waals surface area contributed by atoms with E-state index in [1.54, 1.807) is 0 Å². The lowest BCUT2D eigenvalue weighted by atomic mass is 10.2. The minimum atomic E-state index is -1.42. The van der Waals surface area contributed by atoms with Crippen LogP contribution in [-0.4, -0.2) is 29.1 Å². The Kier molecular flexibility index (Phi) is 4.17. The fourth-order valence-electron chi connectivity index (χ4n) is 0.957. The highest BCUT2D eigenvalue weighted by Gasteiger charge is 2.11. The fraction of sp³-hybridized carbons (Fsp3) is 0.182. The van der Waals surface area contributed by atoms with E-state index >= 15 is 0 Å². The van der Waals surface area contributed by atoms with Crippen LogP contribution in [0.4, 0.5) is 4.39 Å². The number of rotatable bonds is 2. The molecule has 1 rings (SSSR count). The average molecular weight is 237 g/mol. The van der Waals surface area contributed by atoms with Crippen molar-refractivity contribution in [3.05, 3.63) is 29.3 Å². The van der Waals surface area contributed by atoms with Crippen LogP contribution in [0.1, 0.15) is 22.3 Å². The summed E-state index contributed by atoms with van der Waals surface area (Å²) < 4.78 is 17.3. The van der Waals surface area contributed by atoms with E-state index in [4.69, 9.17) is 5.11 Å². The van der Waals surface area contributed by atoms with Gasteiger partial charge in [-0.05, 0) is 6.07 Å². The van der Waals surface area contributed by atoms with E-state index < -0.39 is 23.4 Å². The quantitative estimate of drug-likeness (QED) is 0.468. The SMILES string of the molecule is COC(=O)CC#Cc1cnc(F)c(C(=O)O)c1. The molecule has 0 aliphatic carbocycles. The molecule has 1 N–H and O–H groups in total. The number of carbonyl (C=O) groups is 2. The van der Waals surface area contributed by atoms with Gasteiger partial charge in [-0.15, -0.1) is 0 Å². The van der Waals surface area contributed by atoms with Crippen LogP contribution in [0.2, 0.25) is 0 Å². The number of aromatic nitrogens is 1. The molecule has 88 valence electrons. The van der Waals surface area contributed by atoms with Crippen molar-refractivity contribution >= 4 is 11.9 Å². The van der Waals surface area contributed by atoms with Crippen LogP contribution in [0.5, 0.6) is 0 Å². The first-order valence-electron chi connectivity index (χ1n) is 4.49. The zero-order valence-electron chi connectivity index (χ0n) is 8.86. The van der Waals surface area contributed by atoms with E-state index in [1.165, 1.54) is 7.11 Å². The van der Waals surface area contributed by atoms with Gasteiger partial charge >= 0.3 is 11.9 Å². The number of hydrogen-bond acceptors (Lipinski definition) is 4. The number of hydrogen-bond donors (Lipinski definition) is 1. The number of ether oxygens (including phenoxy) is 1. The number of carbonyl (C=O) groups excluding carboxylic acids is 1. The number of methoxy groups -OCH3 is 1. The summed E-state index contributed by atoms with van der Waals surface area (Å²) in [4.78, 5) is 24.6. The third-order valence-electron chi connectivity index (χ3n) is 1.76. The summed E-state index contributed by atoms with van der Waals surface area (Å²) in [5, 5.41) is 8.64.